The SMILES string of the molecule is O=C(c1ccccc1)c1ccc(-c2cc(-c3cccc(-c4cc(-c5ccc(C(=O)c6ccccc6)cc5)[nH]n4)c3)n[nH]2)cc1. The third-order valence-electron chi connectivity index (χ3n) is 7.60. The quantitative estimate of drug-likeness (QED) is 0.180. The normalized spacial score (nSPS) is 10.9. The van der Waals surface area contributed by atoms with E-state index >= 15 is 0 Å². The monoisotopic (exact) mass is 570 g/mol. The molecule has 0 radical (unpaired) electrons. The van der Waals surface area contributed by atoms with Gasteiger partial charge in [0.1, 0.15) is 0 Å². The van der Waals surface area contributed by atoms with Gasteiger partial charge in [0.05, 0.1) is 22.8 Å². The first kappa shape index (κ1) is 26.7. The van der Waals surface area contributed by atoms with Crippen molar-refractivity contribution in [2.75, 3.05) is 0 Å². The molecule has 2 aromatic heterocycles. The lowest BCUT2D eigenvalue weighted by atomic mass is 10.0. The predicted molar refractivity (Wildman–Crippen MR) is 172 cm³/mol. The van der Waals surface area contributed by atoms with Crippen LogP contribution in [0.2, 0.25) is 0 Å². The third-order valence-corrected chi connectivity index (χ3v) is 7.60. The van der Waals surface area contributed by atoms with Crippen LogP contribution >= 0.6 is 0 Å². The average Bonchev–Trinajstić information content (AvgIpc) is 3.80. The number of ketones is 2. The standard InChI is InChI=1S/C38H26N4O2/c43-37(27-8-3-1-4-9-27)29-18-14-25(15-19-29)33-23-35(41-39-33)31-12-7-13-32(22-31)36-24-34(40-42-36)26-16-20-30(21-17-26)38(44)28-10-5-2-6-11-28/h1-24H,(H,39,41)(H,40,42). The van der Waals surface area contributed by atoms with Crippen LogP contribution in [-0.2, 0) is 0 Å². The van der Waals surface area contributed by atoms with Crippen molar-refractivity contribution in [1.29, 1.82) is 0 Å². The molecule has 2 heterocycles. The van der Waals surface area contributed by atoms with Crippen molar-refractivity contribution in [2.24, 2.45) is 0 Å². The third kappa shape index (κ3) is 5.40. The maximum absolute atomic E-state index is 12.8. The van der Waals surface area contributed by atoms with E-state index < -0.39 is 0 Å². The molecule has 5 aromatic carbocycles. The number of benzene rings is 5. The van der Waals surface area contributed by atoms with Gasteiger partial charge in [-0.15, -0.1) is 0 Å². The Balaban J connectivity index is 1.07. The molecular weight excluding hydrogens is 544 g/mol. The van der Waals surface area contributed by atoms with Crippen molar-refractivity contribution in [3.63, 3.8) is 0 Å². The molecule has 0 aliphatic heterocycles. The Kier molecular flexibility index (Phi) is 7.06. The van der Waals surface area contributed by atoms with Crippen molar-refractivity contribution in [3.8, 4) is 45.0 Å². The molecule has 0 unspecified atom stereocenters. The van der Waals surface area contributed by atoms with Crippen LogP contribution in [0.4, 0.5) is 0 Å². The number of nitrogens with zero attached hydrogens (tertiary/aromatic N) is 2. The molecule has 7 rings (SSSR count). The summed E-state index contributed by atoms with van der Waals surface area (Å²) in [6.07, 6.45) is 0. The maximum atomic E-state index is 12.8. The van der Waals surface area contributed by atoms with Gasteiger partial charge in [-0.05, 0) is 29.3 Å². The summed E-state index contributed by atoms with van der Waals surface area (Å²) in [5.41, 5.74) is 9.74. The second-order valence-corrected chi connectivity index (χ2v) is 10.5. The van der Waals surface area contributed by atoms with E-state index in [0.29, 0.717) is 22.3 Å². The average molecular weight is 571 g/mol. The highest BCUT2D eigenvalue weighted by atomic mass is 16.1. The Morgan fingerprint density at radius 3 is 1.18 bits per heavy atom. The Bertz CT molecular complexity index is 1930. The molecule has 0 atom stereocenters. The lowest BCUT2D eigenvalue weighted by Crippen LogP contribution is -2.00. The minimum atomic E-state index is -0.00374. The van der Waals surface area contributed by atoms with Gasteiger partial charge in [-0.3, -0.25) is 19.8 Å². The van der Waals surface area contributed by atoms with Gasteiger partial charge in [-0.25, -0.2) is 0 Å². The first-order chi connectivity index (χ1) is 21.6. The van der Waals surface area contributed by atoms with E-state index in [0.717, 1.165) is 45.0 Å². The molecule has 0 saturated carbocycles. The van der Waals surface area contributed by atoms with Gasteiger partial charge in [0, 0.05) is 33.4 Å². The zero-order valence-electron chi connectivity index (χ0n) is 23.6. The lowest BCUT2D eigenvalue weighted by Gasteiger charge is -2.03. The largest absolute Gasteiger partial charge is 0.289 e. The highest BCUT2D eigenvalue weighted by molar-refractivity contribution is 6.09. The summed E-state index contributed by atoms with van der Waals surface area (Å²) >= 11 is 0. The summed E-state index contributed by atoms with van der Waals surface area (Å²) in [7, 11) is 0. The number of hydrogen-bond acceptors (Lipinski definition) is 4. The molecule has 6 heteroatoms. The molecule has 0 aliphatic rings. The van der Waals surface area contributed by atoms with Crippen LogP contribution in [0.1, 0.15) is 31.8 Å². The summed E-state index contributed by atoms with van der Waals surface area (Å²) in [6.45, 7) is 0. The first-order valence-electron chi connectivity index (χ1n) is 14.2. The second-order valence-electron chi connectivity index (χ2n) is 10.5. The summed E-state index contributed by atoms with van der Waals surface area (Å²) in [6, 6.07) is 45.7. The lowest BCUT2D eigenvalue weighted by molar-refractivity contribution is 0.103. The highest BCUT2D eigenvalue weighted by Crippen LogP contribution is 2.29. The number of H-pyrrole nitrogens is 2. The van der Waals surface area contributed by atoms with Gasteiger partial charge in [-0.1, -0.05) is 127 Å². The van der Waals surface area contributed by atoms with Crippen LogP contribution in [-0.4, -0.2) is 32.0 Å². The number of carbonyl (C=O) groups excluding carboxylic acids is 2. The van der Waals surface area contributed by atoms with Crippen molar-refractivity contribution in [2.45, 2.75) is 0 Å². The van der Waals surface area contributed by atoms with Crippen LogP contribution in [0.5, 0.6) is 0 Å². The maximum Gasteiger partial charge on any atom is 0.193 e. The Hall–Kier alpha value is -6.14. The van der Waals surface area contributed by atoms with Crippen LogP contribution in [0, 0.1) is 0 Å². The molecule has 2 N–H and O–H groups in total. The molecule has 210 valence electrons. The summed E-state index contributed by atoms with van der Waals surface area (Å²) in [4.78, 5) is 25.5. The van der Waals surface area contributed by atoms with Crippen LogP contribution < -0.4 is 0 Å². The number of rotatable bonds is 8. The molecule has 0 saturated heterocycles. The molecule has 0 spiro atoms. The van der Waals surface area contributed by atoms with E-state index in [4.69, 9.17) is 0 Å². The van der Waals surface area contributed by atoms with Gasteiger partial charge in [0.2, 0.25) is 0 Å². The minimum Gasteiger partial charge on any atom is -0.289 e. The van der Waals surface area contributed by atoms with Crippen LogP contribution in [0.25, 0.3) is 45.0 Å². The van der Waals surface area contributed by atoms with E-state index in [2.05, 4.69) is 26.5 Å². The fourth-order valence-corrected chi connectivity index (χ4v) is 5.19. The number of hydrogen-bond donors (Lipinski definition) is 2. The predicted octanol–water partition coefficient (Wildman–Crippen LogP) is 8.26. The van der Waals surface area contributed by atoms with Crippen LogP contribution in [0.15, 0.2) is 146 Å². The fourth-order valence-electron chi connectivity index (χ4n) is 5.19. The number of aromatic amines is 2. The van der Waals surface area contributed by atoms with Crippen molar-refractivity contribution >= 4 is 11.6 Å². The highest BCUT2D eigenvalue weighted by Gasteiger charge is 2.13. The fraction of sp³-hybridized carbons (Fsp3) is 0. The minimum absolute atomic E-state index is 0.00374. The van der Waals surface area contributed by atoms with Crippen molar-refractivity contribution in [1.82, 2.24) is 20.4 Å². The van der Waals surface area contributed by atoms with E-state index in [1.807, 2.05) is 140 Å². The molecule has 6 nitrogen and oxygen atoms in total. The van der Waals surface area contributed by atoms with Gasteiger partial charge < -0.3 is 0 Å². The molecular formula is C38H26N4O2. The zero-order valence-corrected chi connectivity index (χ0v) is 23.6. The van der Waals surface area contributed by atoms with Gasteiger partial charge in [-0.2, -0.15) is 10.2 Å². The van der Waals surface area contributed by atoms with Crippen LogP contribution in [0.3, 0.4) is 0 Å². The topological polar surface area (TPSA) is 91.5 Å². The smallest absolute Gasteiger partial charge is 0.193 e. The van der Waals surface area contributed by atoms with Crippen molar-refractivity contribution in [3.05, 3.63) is 168 Å². The Morgan fingerprint density at radius 2 is 0.773 bits per heavy atom. The molecule has 0 aliphatic carbocycles. The molecule has 0 fully saturated rings. The summed E-state index contributed by atoms with van der Waals surface area (Å²) < 4.78 is 0. The van der Waals surface area contributed by atoms with E-state index in [1.165, 1.54) is 0 Å². The molecule has 0 bridgehead atoms. The Morgan fingerprint density at radius 1 is 0.386 bits per heavy atom. The molecule has 7 aromatic rings. The number of carbonyl (C=O) groups is 2. The molecule has 0 amide bonds. The first-order valence-corrected chi connectivity index (χ1v) is 14.2. The second kappa shape index (κ2) is 11.6. The van der Waals surface area contributed by atoms with E-state index in [9.17, 15) is 9.59 Å². The number of nitrogens with one attached hydrogen (secondary N) is 2. The van der Waals surface area contributed by atoms with Crippen molar-refractivity contribution < 1.29 is 9.59 Å². The van der Waals surface area contributed by atoms with E-state index in [1.54, 1.807) is 0 Å². The molecule has 44 heavy (non-hydrogen) atoms. The zero-order chi connectivity index (χ0) is 29.9. The number of aromatic nitrogens is 4. The van der Waals surface area contributed by atoms with Gasteiger partial charge >= 0.3 is 0 Å². The van der Waals surface area contributed by atoms with Gasteiger partial charge in [0.25, 0.3) is 0 Å². The van der Waals surface area contributed by atoms with E-state index in [-0.39, 0.29) is 11.6 Å². The Labute approximate surface area is 254 Å². The van der Waals surface area contributed by atoms with Gasteiger partial charge in [0.15, 0.2) is 11.6 Å². The summed E-state index contributed by atoms with van der Waals surface area (Å²) in [5.74, 6) is -0.00748. The summed E-state index contributed by atoms with van der Waals surface area (Å²) in [5, 5.41) is 15.4.